The summed E-state index contributed by atoms with van der Waals surface area (Å²) in [4.78, 5) is 10.8. The van der Waals surface area contributed by atoms with E-state index in [1.54, 1.807) is 31.3 Å². The van der Waals surface area contributed by atoms with Crippen LogP contribution in [-0.4, -0.2) is 24.6 Å². The number of aliphatic hydroxyl groups excluding tert-OH is 1. The zero-order valence-electron chi connectivity index (χ0n) is 8.95. The van der Waals surface area contributed by atoms with Crippen LogP contribution in [0.25, 0.3) is 0 Å². The number of rotatable bonds is 4. The lowest BCUT2D eigenvalue weighted by Crippen LogP contribution is -2.16. The van der Waals surface area contributed by atoms with Gasteiger partial charge in [-0.05, 0) is 24.7 Å². The number of anilines is 1. The van der Waals surface area contributed by atoms with Crippen LogP contribution < -0.4 is 10.6 Å². The van der Waals surface area contributed by atoms with E-state index in [-0.39, 0.29) is 5.91 Å². The molecule has 1 unspecified atom stereocenters. The molecule has 0 bridgehead atoms. The van der Waals surface area contributed by atoms with Crippen molar-refractivity contribution in [3.05, 3.63) is 29.8 Å². The fourth-order valence-corrected chi connectivity index (χ4v) is 1.30. The quantitative estimate of drug-likeness (QED) is 0.689. The molecule has 1 aromatic carbocycles. The van der Waals surface area contributed by atoms with E-state index in [0.29, 0.717) is 6.54 Å². The van der Waals surface area contributed by atoms with Crippen molar-refractivity contribution < 1.29 is 9.90 Å². The van der Waals surface area contributed by atoms with Gasteiger partial charge in [-0.25, -0.2) is 0 Å². The maximum Gasteiger partial charge on any atom is 0.221 e. The Kier molecular flexibility index (Phi) is 4.27. The van der Waals surface area contributed by atoms with Crippen LogP contribution in [0.2, 0.25) is 0 Å². The average molecular weight is 208 g/mol. The second kappa shape index (κ2) is 5.48. The highest BCUT2D eigenvalue weighted by atomic mass is 16.3. The molecule has 4 heteroatoms. The van der Waals surface area contributed by atoms with E-state index in [1.807, 2.05) is 0 Å². The number of likely N-dealkylation sites (N-methyl/N-ethyl adjacent to an activating group) is 1. The van der Waals surface area contributed by atoms with E-state index in [0.717, 1.165) is 11.3 Å². The van der Waals surface area contributed by atoms with Gasteiger partial charge in [0.05, 0.1) is 6.10 Å². The summed E-state index contributed by atoms with van der Waals surface area (Å²) in [6.45, 7) is 1.98. The molecule has 0 fully saturated rings. The van der Waals surface area contributed by atoms with E-state index >= 15 is 0 Å². The summed E-state index contributed by atoms with van der Waals surface area (Å²) < 4.78 is 0. The Morgan fingerprint density at radius 1 is 1.40 bits per heavy atom. The predicted octanol–water partition coefficient (Wildman–Crippen LogP) is 0.898. The molecule has 3 N–H and O–H groups in total. The Labute approximate surface area is 89.3 Å². The zero-order valence-corrected chi connectivity index (χ0v) is 8.95. The first kappa shape index (κ1) is 11.7. The fraction of sp³-hybridized carbons (Fsp3) is 0.364. The third kappa shape index (κ3) is 3.69. The van der Waals surface area contributed by atoms with Crippen molar-refractivity contribution in [1.82, 2.24) is 5.32 Å². The molecule has 1 aromatic rings. The number of amides is 1. The zero-order chi connectivity index (χ0) is 11.3. The maximum absolute atomic E-state index is 10.8. The normalized spacial score (nSPS) is 12.2. The van der Waals surface area contributed by atoms with Crippen molar-refractivity contribution >= 4 is 11.6 Å². The van der Waals surface area contributed by atoms with Gasteiger partial charge in [0.15, 0.2) is 0 Å². The Morgan fingerprint density at radius 3 is 2.47 bits per heavy atom. The summed E-state index contributed by atoms with van der Waals surface area (Å²) in [6, 6.07) is 7.14. The van der Waals surface area contributed by atoms with Crippen LogP contribution in [0.1, 0.15) is 18.6 Å². The fourth-order valence-electron chi connectivity index (χ4n) is 1.30. The summed E-state index contributed by atoms with van der Waals surface area (Å²) in [5, 5.41) is 15.2. The van der Waals surface area contributed by atoms with Gasteiger partial charge in [-0.3, -0.25) is 4.79 Å². The Bertz CT molecular complexity index is 322. The van der Waals surface area contributed by atoms with Crippen LogP contribution in [0.5, 0.6) is 0 Å². The molecule has 4 nitrogen and oxygen atoms in total. The molecule has 1 amide bonds. The topological polar surface area (TPSA) is 61.4 Å². The summed E-state index contributed by atoms with van der Waals surface area (Å²) in [5.74, 6) is -0.0986. The van der Waals surface area contributed by atoms with Gasteiger partial charge in [0, 0.05) is 19.2 Å². The van der Waals surface area contributed by atoms with Crippen LogP contribution in [0.4, 0.5) is 5.69 Å². The minimum Gasteiger partial charge on any atom is -0.387 e. The molecule has 0 aliphatic heterocycles. The van der Waals surface area contributed by atoms with Gasteiger partial charge in [0.2, 0.25) is 5.91 Å². The molecule has 0 spiro atoms. The molecule has 82 valence electrons. The Balaban J connectivity index is 2.67. The molecular weight excluding hydrogens is 192 g/mol. The minimum absolute atomic E-state index is 0.0986. The highest BCUT2D eigenvalue weighted by Gasteiger charge is 2.05. The first-order chi connectivity index (χ1) is 7.13. The van der Waals surface area contributed by atoms with Gasteiger partial charge < -0.3 is 15.7 Å². The van der Waals surface area contributed by atoms with Crippen LogP contribution in [-0.2, 0) is 4.79 Å². The van der Waals surface area contributed by atoms with Crippen molar-refractivity contribution in [3.63, 3.8) is 0 Å². The smallest absolute Gasteiger partial charge is 0.221 e. The van der Waals surface area contributed by atoms with Crippen LogP contribution in [0.15, 0.2) is 24.3 Å². The van der Waals surface area contributed by atoms with Crippen molar-refractivity contribution in [3.8, 4) is 0 Å². The maximum atomic E-state index is 10.8. The highest BCUT2D eigenvalue weighted by molar-refractivity contribution is 5.88. The first-order valence-electron chi connectivity index (χ1n) is 4.83. The lowest BCUT2D eigenvalue weighted by atomic mass is 10.1. The molecule has 0 aromatic heterocycles. The van der Waals surface area contributed by atoms with E-state index in [9.17, 15) is 9.90 Å². The lowest BCUT2D eigenvalue weighted by Gasteiger charge is -2.10. The Morgan fingerprint density at radius 2 is 2.00 bits per heavy atom. The number of carbonyl (C=O) groups is 1. The van der Waals surface area contributed by atoms with Gasteiger partial charge >= 0.3 is 0 Å². The number of benzene rings is 1. The third-order valence-corrected chi connectivity index (χ3v) is 2.01. The van der Waals surface area contributed by atoms with E-state index < -0.39 is 6.10 Å². The Hall–Kier alpha value is -1.39. The summed E-state index contributed by atoms with van der Waals surface area (Å²) in [7, 11) is 1.79. The number of hydrogen-bond acceptors (Lipinski definition) is 3. The van der Waals surface area contributed by atoms with Crippen LogP contribution >= 0.6 is 0 Å². The van der Waals surface area contributed by atoms with Crippen molar-refractivity contribution in [2.75, 3.05) is 18.9 Å². The molecule has 0 aliphatic rings. The number of aliphatic hydroxyl groups is 1. The molecule has 0 radical (unpaired) electrons. The average Bonchev–Trinajstić information content (AvgIpc) is 2.18. The van der Waals surface area contributed by atoms with Crippen LogP contribution in [0.3, 0.4) is 0 Å². The summed E-state index contributed by atoms with van der Waals surface area (Å²) >= 11 is 0. The largest absolute Gasteiger partial charge is 0.387 e. The second-order valence-electron chi connectivity index (χ2n) is 3.38. The van der Waals surface area contributed by atoms with Crippen molar-refractivity contribution in [1.29, 1.82) is 0 Å². The summed E-state index contributed by atoms with van der Waals surface area (Å²) in [5.41, 5.74) is 1.57. The predicted molar refractivity (Wildman–Crippen MR) is 59.6 cm³/mol. The van der Waals surface area contributed by atoms with Gasteiger partial charge in [-0.2, -0.15) is 0 Å². The van der Waals surface area contributed by atoms with Gasteiger partial charge in [-0.15, -0.1) is 0 Å². The van der Waals surface area contributed by atoms with Crippen molar-refractivity contribution in [2.45, 2.75) is 13.0 Å². The first-order valence-corrected chi connectivity index (χ1v) is 4.83. The second-order valence-corrected chi connectivity index (χ2v) is 3.38. The number of nitrogens with one attached hydrogen (secondary N) is 2. The monoisotopic (exact) mass is 208 g/mol. The highest BCUT2D eigenvalue weighted by Crippen LogP contribution is 2.15. The van der Waals surface area contributed by atoms with E-state index in [2.05, 4.69) is 10.6 Å². The molecule has 0 heterocycles. The molecule has 0 saturated heterocycles. The molecular formula is C11H16N2O2. The van der Waals surface area contributed by atoms with Gasteiger partial charge in [-0.1, -0.05) is 12.1 Å². The molecule has 1 rings (SSSR count). The number of carbonyl (C=O) groups excluding carboxylic acids is 1. The number of hydrogen-bond donors (Lipinski definition) is 3. The summed E-state index contributed by atoms with van der Waals surface area (Å²) in [6.07, 6.45) is -0.513. The molecule has 0 aliphatic carbocycles. The molecule has 15 heavy (non-hydrogen) atoms. The SMILES string of the molecule is CNCC(O)c1ccc(NC(C)=O)cc1. The van der Waals surface area contributed by atoms with Crippen molar-refractivity contribution in [2.24, 2.45) is 0 Å². The third-order valence-electron chi connectivity index (χ3n) is 2.01. The van der Waals surface area contributed by atoms with E-state index in [4.69, 9.17) is 0 Å². The molecule has 0 saturated carbocycles. The van der Waals surface area contributed by atoms with E-state index in [1.165, 1.54) is 6.92 Å². The lowest BCUT2D eigenvalue weighted by molar-refractivity contribution is -0.114. The van der Waals surface area contributed by atoms with Crippen LogP contribution in [0, 0.1) is 0 Å². The standard InChI is InChI=1S/C11H16N2O2/c1-8(14)13-10-5-3-9(4-6-10)11(15)7-12-2/h3-6,11-12,15H,7H2,1-2H3,(H,13,14). The van der Waals surface area contributed by atoms with Gasteiger partial charge in [0.25, 0.3) is 0 Å². The minimum atomic E-state index is -0.513. The molecule has 1 atom stereocenters. The van der Waals surface area contributed by atoms with Gasteiger partial charge in [0.1, 0.15) is 0 Å².